The number of hydrogen-bond donors (Lipinski definition) is 6. The quantitative estimate of drug-likeness (QED) is 0.0161. The summed E-state index contributed by atoms with van der Waals surface area (Å²) in [6, 6.07) is 9.77. The number of rotatable bonds is 20. The number of aryl methyl sites for hydroxylation is 4. The maximum Gasteiger partial charge on any atom is 0.276 e. The number of nitrogens with two attached hydrogens (primary N) is 3. The van der Waals surface area contributed by atoms with Crippen molar-refractivity contribution < 1.29 is 33.4 Å². The fourth-order valence-electron chi connectivity index (χ4n) is 6.95. The first-order valence-electron chi connectivity index (χ1n) is 19.5. The lowest BCUT2D eigenvalue weighted by atomic mass is 10.1. The lowest BCUT2D eigenvalue weighted by molar-refractivity contribution is -0.121. The van der Waals surface area contributed by atoms with E-state index >= 15 is 0 Å². The minimum Gasteiger partial charge on any atom is -0.494 e. The van der Waals surface area contributed by atoms with Crippen molar-refractivity contribution >= 4 is 57.6 Å². The van der Waals surface area contributed by atoms with Crippen LogP contribution in [-0.2, 0) is 35.7 Å². The maximum atomic E-state index is 13.7. The molecule has 4 aromatic heterocycles. The fraction of sp³-hybridized carbons (Fsp3) is 0.350. The molecule has 61 heavy (non-hydrogen) atoms. The van der Waals surface area contributed by atoms with Crippen LogP contribution in [0.2, 0.25) is 0 Å². The Labute approximate surface area is 350 Å². The number of nitrogens with zero attached hydrogens (tertiary/aromatic N) is 8. The van der Waals surface area contributed by atoms with Crippen LogP contribution >= 0.6 is 0 Å². The van der Waals surface area contributed by atoms with E-state index in [-0.39, 0.29) is 49.1 Å². The van der Waals surface area contributed by atoms with Crippen molar-refractivity contribution in [1.82, 2.24) is 44.1 Å². The van der Waals surface area contributed by atoms with E-state index in [1.54, 1.807) is 35.4 Å². The lowest BCUT2D eigenvalue weighted by Gasteiger charge is -2.20. The highest BCUT2D eigenvalue weighted by atomic mass is 16.5. The summed E-state index contributed by atoms with van der Waals surface area (Å²) >= 11 is 0. The third kappa shape index (κ3) is 9.31. The number of primary amides is 2. The van der Waals surface area contributed by atoms with Crippen molar-refractivity contribution in [1.29, 1.82) is 0 Å². The second-order valence-electron chi connectivity index (χ2n) is 13.9. The first-order valence-corrected chi connectivity index (χ1v) is 19.5. The number of methoxy groups -OCH3 is 2. The Balaban J connectivity index is 1.42. The van der Waals surface area contributed by atoms with Gasteiger partial charge in [-0.2, -0.15) is 10.2 Å². The van der Waals surface area contributed by atoms with E-state index in [0.717, 1.165) is 11.4 Å². The first-order chi connectivity index (χ1) is 29.3. The number of carbonyl (C=O) groups is 4. The molecule has 4 heterocycles. The molecule has 0 bridgehead atoms. The summed E-state index contributed by atoms with van der Waals surface area (Å²) in [6.07, 6.45) is 3.50. The molecule has 9 N–H and O–H groups in total. The monoisotopic (exact) mass is 838 g/mol. The van der Waals surface area contributed by atoms with Crippen LogP contribution in [0.4, 0.5) is 11.9 Å². The summed E-state index contributed by atoms with van der Waals surface area (Å²) in [4.78, 5) is 59.8. The van der Waals surface area contributed by atoms with Gasteiger partial charge in [0, 0.05) is 50.8 Å². The van der Waals surface area contributed by atoms with Gasteiger partial charge in [-0.25, -0.2) is 15.8 Å². The predicted molar refractivity (Wildman–Crippen MR) is 226 cm³/mol. The second-order valence-corrected chi connectivity index (χ2v) is 13.9. The molecule has 4 amide bonds. The highest BCUT2D eigenvalue weighted by molar-refractivity contribution is 6.04. The number of anilines is 2. The molecule has 0 saturated heterocycles. The molecule has 0 aliphatic heterocycles. The number of ether oxygens (including phenoxy) is 3. The van der Waals surface area contributed by atoms with Gasteiger partial charge in [0.15, 0.2) is 6.23 Å². The fourth-order valence-corrected chi connectivity index (χ4v) is 6.95. The number of hydrazine groups is 1. The summed E-state index contributed by atoms with van der Waals surface area (Å²) in [5.74, 6) is 4.30. The van der Waals surface area contributed by atoms with Crippen molar-refractivity contribution in [2.24, 2.45) is 17.3 Å². The van der Waals surface area contributed by atoms with Crippen molar-refractivity contribution in [2.75, 3.05) is 31.5 Å². The largest absolute Gasteiger partial charge is 0.494 e. The van der Waals surface area contributed by atoms with Gasteiger partial charge >= 0.3 is 0 Å². The summed E-state index contributed by atoms with van der Waals surface area (Å²) in [7, 11) is 3.03. The molecule has 0 saturated carbocycles. The highest BCUT2D eigenvalue weighted by Gasteiger charge is 2.24. The van der Waals surface area contributed by atoms with Crippen LogP contribution in [0.1, 0.15) is 81.2 Å². The van der Waals surface area contributed by atoms with E-state index in [1.165, 1.54) is 25.3 Å². The molecule has 2 aromatic carbocycles. The van der Waals surface area contributed by atoms with Gasteiger partial charge in [0.25, 0.3) is 5.91 Å². The van der Waals surface area contributed by atoms with Gasteiger partial charge in [-0.1, -0.05) is 12.2 Å². The first kappa shape index (κ1) is 43.3. The van der Waals surface area contributed by atoms with Crippen LogP contribution < -0.4 is 42.8 Å². The number of carbonyl (C=O) groups excluding carboxylic acids is 4. The zero-order valence-corrected chi connectivity index (χ0v) is 34.8. The summed E-state index contributed by atoms with van der Waals surface area (Å²) in [6.45, 7) is 9.11. The molecule has 0 aliphatic rings. The summed E-state index contributed by atoms with van der Waals surface area (Å²) < 4.78 is 24.8. The van der Waals surface area contributed by atoms with Crippen molar-refractivity contribution in [3.63, 3.8) is 0 Å². The van der Waals surface area contributed by atoms with E-state index in [9.17, 15) is 19.2 Å². The molecule has 0 spiro atoms. The molecule has 21 heteroatoms. The van der Waals surface area contributed by atoms with Crippen LogP contribution in [0.15, 0.2) is 48.6 Å². The van der Waals surface area contributed by atoms with Gasteiger partial charge in [-0.3, -0.25) is 39.3 Å². The van der Waals surface area contributed by atoms with Gasteiger partial charge < -0.3 is 40.1 Å². The second kappa shape index (κ2) is 18.8. The number of imidazole rings is 2. The van der Waals surface area contributed by atoms with E-state index in [1.807, 2.05) is 48.2 Å². The van der Waals surface area contributed by atoms with Crippen LogP contribution in [0.25, 0.3) is 22.1 Å². The molecule has 6 aromatic rings. The minimum absolute atomic E-state index is 0.115. The Morgan fingerprint density at radius 2 is 1.36 bits per heavy atom. The van der Waals surface area contributed by atoms with Crippen LogP contribution in [0, 0.1) is 13.8 Å². The molecule has 21 nitrogen and oxygen atoms in total. The zero-order valence-electron chi connectivity index (χ0n) is 34.8. The zero-order chi connectivity index (χ0) is 44.0. The van der Waals surface area contributed by atoms with E-state index in [0.29, 0.717) is 70.4 Å². The number of aromatic nitrogens is 8. The Morgan fingerprint density at radius 1 is 0.787 bits per heavy atom. The molecule has 0 radical (unpaired) electrons. The van der Waals surface area contributed by atoms with Gasteiger partial charge in [0.2, 0.25) is 29.6 Å². The Kier molecular flexibility index (Phi) is 13.3. The van der Waals surface area contributed by atoms with E-state index in [2.05, 4.69) is 26.3 Å². The molecule has 0 fully saturated rings. The average molecular weight is 839 g/mol. The summed E-state index contributed by atoms with van der Waals surface area (Å²) in [5, 5.41) is 15.3. The number of fused-ring (bicyclic) bond motifs is 2. The lowest BCUT2D eigenvalue weighted by Crippen LogP contribution is -2.30. The third-order valence-corrected chi connectivity index (χ3v) is 9.77. The smallest absolute Gasteiger partial charge is 0.276 e. The normalized spacial score (nSPS) is 12.0. The Morgan fingerprint density at radius 3 is 1.95 bits per heavy atom. The van der Waals surface area contributed by atoms with Crippen molar-refractivity contribution in [2.45, 2.75) is 72.9 Å². The van der Waals surface area contributed by atoms with Gasteiger partial charge in [-0.15, -0.1) is 0 Å². The molecule has 1 atom stereocenters. The minimum atomic E-state index is -0.690. The van der Waals surface area contributed by atoms with Gasteiger partial charge in [0.05, 0.1) is 41.8 Å². The maximum absolute atomic E-state index is 13.7. The molecule has 1 unspecified atom stereocenters. The SMILES string of the molecule is CCn1nc(C)cc1C(=O)Nc1nc2cc(C(N)=O)cc(OC)c2n1C/C=C/Cn1c(NC(OC)c2cc(C)nn2CC)nc2cc(C(N)=O)cc(OCCCC(=O)NN)c21. The van der Waals surface area contributed by atoms with Crippen LogP contribution in [0.5, 0.6) is 11.5 Å². The molecule has 6 rings (SSSR count). The third-order valence-electron chi connectivity index (χ3n) is 9.77. The van der Waals surface area contributed by atoms with Crippen molar-refractivity contribution in [3.8, 4) is 11.5 Å². The van der Waals surface area contributed by atoms with E-state index < -0.39 is 23.9 Å². The number of amides is 4. The average Bonchev–Trinajstić information content (AvgIpc) is 4.01. The number of benzene rings is 2. The van der Waals surface area contributed by atoms with Gasteiger partial charge in [-0.05, 0) is 70.5 Å². The molecule has 322 valence electrons. The molecular formula is C40H50N14O7. The van der Waals surface area contributed by atoms with Crippen LogP contribution in [0.3, 0.4) is 0 Å². The molecular weight excluding hydrogens is 789 g/mol. The number of allylic oxidation sites excluding steroid dienone is 2. The van der Waals surface area contributed by atoms with Crippen LogP contribution in [-0.4, -0.2) is 83.1 Å². The van der Waals surface area contributed by atoms with Gasteiger partial charge in [0.1, 0.15) is 28.2 Å². The Bertz CT molecular complexity index is 2640. The standard InChI is InChI=1S/C40H50N14O7/c1-7-53-28(16-22(3)49-53)37(58)46-39-44-26-18-24(35(41)56)20-30(59-5)33(26)51(39)13-9-10-14-52-34-27(19-25(36(42)57)21-31(34)61-15-11-12-32(55)48-43)45-40(52)47-38(60-6)29-17-23(4)50-54(29)8-2/h9-10,16-21,38H,7-8,11-15,43H2,1-6H3,(H2,41,56)(H2,42,57)(H,45,47)(H,48,55)(H,44,46,58)/b10-9+. The highest BCUT2D eigenvalue weighted by Crippen LogP contribution is 2.34. The summed E-state index contributed by atoms with van der Waals surface area (Å²) in [5.41, 5.74) is 18.2. The predicted octanol–water partition coefficient (Wildman–Crippen LogP) is 3.06. The topological polar surface area (TPSA) is 281 Å². The molecule has 0 aliphatic carbocycles. The van der Waals surface area contributed by atoms with Crippen molar-refractivity contribution in [3.05, 3.63) is 82.5 Å². The number of nitrogens with one attached hydrogen (secondary N) is 3. The van der Waals surface area contributed by atoms with E-state index in [4.69, 9.17) is 41.5 Å². The Hall–Kier alpha value is -7.26. The number of hydrogen-bond acceptors (Lipinski definition) is 13.